The van der Waals surface area contributed by atoms with E-state index in [0.29, 0.717) is 42.0 Å². The van der Waals surface area contributed by atoms with E-state index in [1.807, 2.05) is 9.62 Å². The summed E-state index contributed by atoms with van der Waals surface area (Å²) in [7, 11) is -3.90. The molecule has 0 unspecified atom stereocenters. The summed E-state index contributed by atoms with van der Waals surface area (Å²) in [6.07, 6.45) is 0. The number of carbonyl (C=O) groups is 2. The van der Waals surface area contributed by atoms with E-state index in [9.17, 15) is 22.4 Å². The number of aromatic nitrogens is 2. The van der Waals surface area contributed by atoms with Crippen LogP contribution in [0.4, 0.5) is 10.2 Å². The maximum Gasteiger partial charge on any atom is 0.285 e. The van der Waals surface area contributed by atoms with Crippen LogP contribution in [-0.4, -0.2) is 61.5 Å². The first kappa shape index (κ1) is 24.7. The number of hydrogen-bond acceptors (Lipinski definition) is 7. The molecule has 0 aliphatic carbocycles. The highest BCUT2D eigenvalue weighted by molar-refractivity contribution is 9.10. The van der Waals surface area contributed by atoms with E-state index in [1.54, 1.807) is 47.4 Å². The Labute approximate surface area is 210 Å². The highest BCUT2D eigenvalue weighted by Crippen LogP contribution is 2.19. The van der Waals surface area contributed by atoms with Crippen LogP contribution in [-0.2, 0) is 15.8 Å². The Balaban J connectivity index is 1.33. The lowest BCUT2D eigenvalue weighted by Crippen LogP contribution is -2.49. The molecule has 182 valence electrons. The SMILES string of the molecule is O=C(NS(=O)(=O)Cc1ccccc1)c1ccc(N2CCN(C(=O)c3ccc(Br)c(F)c3)CC2)nn1. The van der Waals surface area contributed by atoms with Crippen molar-refractivity contribution in [1.82, 2.24) is 19.8 Å². The molecule has 1 aliphatic rings. The minimum atomic E-state index is -3.90. The minimum Gasteiger partial charge on any atom is -0.352 e. The van der Waals surface area contributed by atoms with Crippen molar-refractivity contribution in [3.05, 3.63) is 87.8 Å². The van der Waals surface area contributed by atoms with Crippen molar-refractivity contribution >= 4 is 43.6 Å². The molecule has 0 radical (unpaired) electrons. The van der Waals surface area contributed by atoms with Crippen molar-refractivity contribution < 1.29 is 22.4 Å². The molecule has 1 fully saturated rings. The Kier molecular flexibility index (Phi) is 7.41. The van der Waals surface area contributed by atoms with Crippen LogP contribution in [0, 0.1) is 5.82 Å². The van der Waals surface area contributed by atoms with E-state index in [2.05, 4.69) is 26.1 Å². The molecule has 2 aromatic carbocycles. The number of carbonyl (C=O) groups excluding carboxylic acids is 2. The smallest absolute Gasteiger partial charge is 0.285 e. The lowest BCUT2D eigenvalue weighted by Gasteiger charge is -2.35. The second-order valence-corrected chi connectivity index (χ2v) is 10.4. The Morgan fingerprint density at radius 2 is 1.69 bits per heavy atom. The van der Waals surface area contributed by atoms with Gasteiger partial charge in [0.05, 0.1) is 10.2 Å². The van der Waals surface area contributed by atoms with E-state index >= 15 is 0 Å². The number of nitrogens with zero attached hydrogens (tertiary/aromatic N) is 4. The monoisotopic (exact) mass is 561 g/mol. The summed E-state index contributed by atoms with van der Waals surface area (Å²) in [5, 5.41) is 7.92. The maximum absolute atomic E-state index is 13.8. The summed E-state index contributed by atoms with van der Waals surface area (Å²) in [6, 6.07) is 15.8. The number of hydrogen-bond donors (Lipinski definition) is 1. The van der Waals surface area contributed by atoms with Gasteiger partial charge >= 0.3 is 0 Å². The number of halogens is 2. The summed E-state index contributed by atoms with van der Waals surface area (Å²) in [5.41, 5.74) is 0.699. The molecule has 1 N–H and O–H groups in total. The molecule has 0 spiro atoms. The zero-order valence-electron chi connectivity index (χ0n) is 18.4. The zero-order chi connectivity index (χ0) is 25.0. The first-order valence-electron chi connectivity index (χ1n) is 10.6. The van der Waals surface area contributed by atoms with Crippen LogP contribution in [0.15, 0.2) is 65.1 Å². The van der Waals surface area contributed by atoms with Gasteiger partial charge in [-0.25, -0.2) is 17.5 Å². The minimum absolute atomic E-state index is 0.128. The van der Waals surface area contributed by atoms with E-state index in [1.165, 1.54) is 18.2 Å². The molecule has 35 heavy (non-hydrogen) atoms. The first-order valence-corrected chi connectivity index (χ1v) is 13.1. The molecule has 9 nitrogen and oxygen atoms in total. The normalized spacial score (nSPS) is 14.0. The fourth-order valence-corrected chi connectivity index (χ4v) is 4.93. The van der Waals surface area contributed by atoms with Crippen LogP contribution in [0.3, 0.4) is 0 Å². The fourth-order valence-electron chi connectivity index (χ4n) is 3.59. The molecule has 4 rings (SSSR count). The third-order valence-corrected chi connectivity index (χ3v) is 7.24. The molecule has 12 heteroatoms. The highest BCUT2D eigenvalue weighted by Gasteiger charge is 2.24. The molecular weight excluding hydrogens is 541 g/mol. The number of rotatable bonds is 6. The van der Waals surface area contributed by atoms with Crippen molar-refractivity contribution in [3.8, 4) is 0 Å². The van der Waals surface area contributed by atoms with Gasteiger partial charge in [0.25, 0.3) is 11.8 Å². The van der Waals surface area contributed by atoms with E-state index in [4.69, 9.17) is 0 Å². The van der Waals surface area contributed by atoms with Crippen molar-refractivity contribution in [3.63, 3.8) is 0 Å². The number of sulfonamides is 1. The van der Waals surface area contributed by atoms with E-state index < -0.39 is 21.7 Å². The standard InChI is InChI=1S/C23H21BrFN5O4S/c24-18-7-6-17(14-19(18)25)23(32)30-12-10-29(11-13-30)21-9-8-20(26-27-21)22(31)28-35(33,34)15-16-4-2-1-3-5-16/h1-9,14H,10-13,15H2,(H,28,31). The van der Waals surface area contributed by atoms with Crippen molar-refractivity contribution in [2.75, 3.05) is 31.1 Å². The predicted molar refractivity (Wildman–Crippen MR) is 131 cm³/mol. The second kappa shape index (κ2) is 10.5. The highest BCUT2D eigenvalue weighted by atomic mass is 79.9. The summed E-state index contributed by atoms with van der Waals surface area (Å²) >= 11 is 3.08. The average molecular weight is 562 g/mol. The van der Waals surface area contributed by atoms with Gasteiger partial charge in [0, 0.05) is 31.7 Å². The van der Waals surface area contributed by atoms with Crippen molar-refractivity contribution in [1.29, 1.82) is 0 Å². The van der Waals surface area contributed by atoms with Gasteiger partial charge in [-0.1, -0.05) is 30.3 Å². The molecule has 1 saturated heterocycles. The van der Waals surface area contributed by atoms with E-state index in [-0.39, 0.29) is 22.9 Å². The van der Waals surface area contributed by atoms with Crippen LogP contribution in [0.25, 0.3) is 0 Å². The number of piperazine rings is 1. The van der Waals surface area contributed by atoms with Gasteiger partial charge in [0.2, 0.25) is 10.0 Å². The van der Waals surface area contributed by atoms with Crippen LogP contribution < -0.4 is 9.62 Å². The molecule has 0 saturated carbocycles. The molecule has 1 aliphatic heterocycles. The molecule has 2 heterocycles. The topological polar surface area (TPSA) is 113 Å². The van der Waals surface area contributed by atoms with Gasteiger partial charge in [-0.2, -0.15) is 0 Å². The van der Waals surface area contributed by atoms with Gasteiger partial charge in [0.15, 0.2) is 11.5 Å². The Hall–Kier alpha value is -3.38. The van der Waals surface area contributed by atoms with Crippen LogP contribution in [0.1, 0.15) is 26.4 Å². The van der Waals surface area contributed by atoms with Gasteiger partial charge in [-0.3, -0.25) is 9.59 Å². The van der Waals surface area contributed by atoms with Crippen LogP contribution in [0.5, 0.6) is 0 Å². The lowest BCUT2D eigenvalue weighted by atomic mass is 10.1. The Morgan fingerprint density at radius 3 is 2.31 bits per heavy atom. The van der Waals surface area contributed by atoms with E-state index in [0.717, 1.165) is 0 Å². The second-order valence-electron chi connectivity index (χ2n) is 7.86. The van der Waals surface area contributed by atoms with Crippen LogP contribution >= 0.6 is 15.9 Å². The average Bonchev–Trinajstić information content (AvgIpc) is 2.85. The lowest BCUT2D eigenvalue weighted by molar-refractivity contribution is 0.0745. The molecule has 2 amide bonds. The maximum atomic E-state index is 13.8. The summed E-state index contributed by atoms with van der Waals surface area (Å²) < 4.78 is 40.6. The third-order valence-electron chi connectivity index (χ3n) is 5.39. The van der Waals surface area contributed by atoms with Crippen LogP contribution in [0.2, 0.25) is 0 Å². The number of anilines is 1. The van der Waals surface area contributed by atoms with Crippen molar-refractivity contribution in [2.45, 2.75) is 5.75 Å². The van der Waals surface area contributed by atoms with Gasteiger partial charge in [-0.15, -0.1) is 10.2 Å². The summed E-state index contributed by atoms with van der Waals surface area (Å²) in [6.45, 7) is 1.74. The fraction of sp³-hybridized carbons (Fsp3) is 0.217. The largest absolute Gasteiger partial charge is 0.352 e. The van der Waals surface area contributed by atoms with Crippen molar-refractivity contribution in [2.24, 2.45) is 0 Å². The van der Waals surface area contributed by atoms with Gasteiger partial charge < -0.3 is 9.80 Å². The number of amides is 2. The molecule has 0 atom stereocenters. The number of nitrogens with one attached hydrogen (secondary N) is 1. The Bertz CT molecular complexity index is 1330. The number of benzene rings is 2. The summed E-state index contributed by atoms with van der Waals surface area (Å²) in [5.74, 6) is -1.46. The zero-order valence-corrected chi connectivity index (χ0v) is 20.8. The first-order chi connectivity index (χ1) is 16.7. The predicted octanol–water partition coefficient (Wildman–Crippen LogP) is 2.60. The molecule has 3 aromatic rings. The molecule has 0 bridgehead atoms. The Morgan fingerprint density at radius 1 is 0.971 bits per heavy atom. The third kappa shape index (κ3) is 6.20. The summed E-state index contributed by atoms with van der Waals surface area (Å²) in [4.78, 5) is 28.5. The van der Waals surface area contributed by atoms with Gasteiger partial charge in [-0.05, 0) is 51.8 Å². The molecular formula is C23H21BrFN5O4S. The van der Waals surface area contributed by atoms with Gasteiger partial charge in [0.1, 0.15) is 5.82 Å². The molecule has 1 aromatic heterocycles. The quantitative estimate of drug-likeness (QED) is 0.492.